The lowest BCUT2D eigenvalue weighted by molar-refractivity contribution is -0.161. The van der Waals surface area contributed by atoms with Crippen LogP contribution in [0.15, 0.2) is 0 Å². The Morgan fingerprint density at radius 1 is 0.280 bits per heavy atom. The van der Waals surface area contributed by atoms with E-state index < -0.39 is 97.5 Å². The van der Waals surface area contributed by atoms with E-state index in [0.717, 1.165) is 120 Å². The van der Waals surface area contributed by atoms with E-state index in [1.807, 2.05) is 0 Å². The highest BCUT2D eigenvalue weighted by Gasteiger charge is 2.30. The first-order valence-electron chi connectivity index (χ1n) is 41.8. The smallest absolute Gasteiger partial charge is 0.462 e. The van der Waals surface area contributed by atoms with Crippen LogP contribution < -0.4 is 0 Å². The minimum Gasteiger partial charge on any atom is -0.462 e. The van der Waals surface area contributed by atoms with Crippen LogP contribution in [0.25, 0.3) is 0 Å². The summed E-state index contributed by atoms with van der Waals surface area (Å²) < 4.78 is 68.7. The normalized spacial score (nSPS) is 14.6. The van der Waals surface area contributed by atoms with E-state index in [4.69, 9.17) is 37.0 Å². The molecule has 0 saturated heterocycles. The molecular weight excluding hydrogens is 1310 g/mol. The highest BCUT2D eigenvalue weighted by Crippen LogP contribution is 2.45. The molecule has 100 heavy (non-hydrogen) atoms. The first kappa shape index (κ1) is 98.1. The van der Waals surface area contributed by atoms with Crippen molar-refractivity contribution in [2.24, 2.45) is 23.7 Å². The minimum absolute atomic E-state index is 0.105. The molecule has 0 aromatic carbocycles. The Balaban J connectivity index is 5.25. The van der Waals surface area contributed by atoms with E-state index in [9.17, 15) is 43.2 Å². The molecule has 0 aliphatic heterocycles. The summed E-state index contributed by atoms with van der Waals surface area (Å²) in [4.78, 5) is 73.0. The number of ether oxygens (including phenoxy) is 4. The Morgan fingerprint density at radius 3 is 0.710 bits per heavy atom. The van der Waals surface area contributed by atoms with Gasteiger partial charge in [0.1, 0.15) is 19.3 Å². The topological polar surface area (TPSA) is 237 Å². The van der Waals surface area contributed by atoms with Gasteiger partial charge in [0.25, 0.3) is 0 Å². The third kappa shape index (κ3) is 71.7. The second-order valence-electron chi connectivity index (χ2n) is 30.6. The third-order valence-electron chi connectivity index (χ3n) is 19.5. The molecule has 0 radical (unpaired) electrons. The molecule has 0 aliphatic rings. The van der Waals surface area contributed by atoms with Crippen LogP contribution in [0.1, 0.15) is 415 Å². The van der Waals surface area contributed by atoms with Crippen LogP contribution >= 0.6 is 15.6 Å². The summed E-state index contributed by atoms with van der Waals surface area (Å²) in [6, 6.07) is 0. The highest BCUT2D eigenvalue weighted by atomic mass is 31.2. The first-order chi connectivity index (χ1) is 48.2. The highest BCUT2D eigenvalue weighted by molar-refractivity contribution is 7.47. The summed E-state index contributed by atoms with van der Waals surface area (Å²) in [7, 11) is -9.92. The number of hydrogen-bond donors (Lipinski definition) is 3. The molecule has 0 fully saturated rings. The van der Waals surface area contributed by atoms with Crippen LogP contribution in [-0.2, 0) is 65.4 Å². The van der Waals surface area contributed by atoms with Gasteiger partial charge in [-0.1, -0.05) is 364 Å². The molecule has 7 atom stereocenters. The number of aliphatic hydroxyl groups excluding tert-OH is 1. The fraction of sp³-hybridized carbons (Fsp3) is 0.951. The number of hydrogen-bond acceptors (Lipinski definition) is 15. The van der Waals surface area contributed by atoms with E-state index in [0.29, 0.717) is 25.7 Å². The Kier molecular flexibility index (Phi) is 68.7. The lowest BCUT2D eigenvalue weighted by atomic mass is 9.99. The fourth-order valence-electron chi connectivity index (χ4n) is 12.4. The molecule has 0 heterocycles. The summed E-state index contributed by atoms with van der Waals surface area (Å²) in [6.45, 7) is 14.3. The molecule has 4 unspecified atom stereocenters. The molecule has 0 saturated carbocycles. The summed E-state index contributed by atoms with van der Waals surface area (Å²) in [6.07, 6.45) is 56.8. The Labute approximate surface area is 613 Å². The lowest BCUT2D eigenvalue weighted by Crippen LogP contribution is -2.30. The zero-order valence-electron chi connectivity index (χ0n) is 65.8. The third-order valence-corrected chi connectivity index (χ3v) is 21.4. The summed E-state index contributed by atoms with van der Waals surface area (Å²) in [5.41, 5.74) is 0. The number of phosphoric ester groups is 2. The second-order valence-corrected chi connectivity index (χ2v) is 33.5. The first-order valence-corrected chi connectivity index (χ1v) is 44.8. The van der Waals surface area contributed by atoms with Gasteiger partial charge in [0.2, 0.25) is 0 Å². The maximum atomic E-state index is 13.1. The number of aliphatic hydroxyl groups is 1. The Morgan fingerprint density at radius 2 is 0.480 bits per heavy atom. The lowest BCUT2D eigenvalue weighted by Gasteiger charge is -2.21. The standard InChI is InChI=1S/C81H158O17P2/c1-9-73(7)59-51-43-35-29-23-17-14-15-19-25-31-37-47-55-63-80(85)97-76(67-91-78(83)61-53-45-36-30-24-18-13-11-12-16-21-27-33-41-49-57-71(3)4)69-95-99(87,88)93-65-75(82)66-94-100(89,90)96-70-77(68-92-79(84)62-54-46-40-39-44-52-60-74(8)10-2)98-81(86)64-56-48-38-32-26-20-22-28-34-42-50-58-72(5)6/h71-77,82H,9-70H2,1-8H3,(H,87,88)(H,89,90)/t73?,74?,75-,76-,77-/m1/s1. The predicted molar refractivity (Wildman–Crippen MR) is 409 cm³/mol. The van der Waals surface area contributed by atoms with Crippen molar-refractivity contribution in [2.45, 2.75) is 433 Å². The molecule has 0 aliphatic carbocycles. The molecule has 0 spiro atoms. The molecule has 0 amide bonds. The molecular formula is C81H158O17P2. The van der Waals surface area contributed by atoms with Crippen LogP contribution in [0.2, 0.25) is 0 Å². The summed E-state index contributed by atoms with van der Waals surface area (Å²) >= 11 is 0. The van der Waals surface area contributed by atoms with Gasteiger partial charge < -0.3 is 33.8 Å². The molecule has 0 rings (SSSR count). The summed E-state index contributed by atoms with van der Waals surface area (Å²) in [5, 5.41) is 10.6. The van der Waals surface area contributed by atoms with Gasteiger partial charge >= 0.3 is 39.5 Å². The van der Waals surface area contributed by atoms with Crippen LogP contribution in [0.3, 0.4) is 0 Å². The number of carbonyl (C=O) groups excluding carboxylic acids is 4. The summed E-state index contributed by atoms with van der Waals surface area (Å²) in [5.74, 6) is 1.03. The van der Waals surface area contributed by atoms with Gasteiger partial charge in [-0.05, 0) is 49.4 Å². The molecule has 0 aromatic rings. The second kappa shape index (κ2) is 70.1. The number of esters is 4. The van der Waals surface area contributed by atoms with E-state index in [-0.39, 0.29) is 25.7 Å². The number of carbonyl (C=O) groups is 4. The van der Waals surface area contributed by atoms with Gasteiger partial charge in [0.05, 0.1) is 26.4 Å². The van der Waals surface area contributed by atoms with Crippen LogP contribution in [0.4, 0.5) is 0 Å². The Bertz CT molecular complexity index is 1960. The maximum absolute atomic E-state index is 13.1. The molecule has 3 N–H and O–H groups in total. The van der Waals surface area contributed by atoms with Crippen molar-refractivity contribution in [1.82, 2.24) is 0 Å². The quantitative estimate of drug-likeness (QED) is 0.0222. The zero-order chi connectivity index (χ0) is 73.8. The van der Waals surface area contributed by atoms with E-state index in [2.05, 4.69) is 55.4 Å². The van der Waals surface area contributed by atoms with Gasteiger partial charge in [-0.15, -0.1) is 0 Å². The van der Waals surface area contributed by atoms with Crippen molar-refractivity contribution < 1.29 is 80.2 Å². The van der Waals surface area contributed by atoms with Gasteiger partial charge in [-0.3, -0.25) is 37.3 Å². The maximum Gasteiger partial charge on any atom is 0.472 e. The van der Waals surface area contributed by atoms with Crippen molar-refractivity contribution in [3.63, 3.8) is 0 Å². The van der Waals surface area contributed by atoms with Gasteiger partial charge in [0, 0.05) is 25.7 Å². The van der Waals surface area contributed by atoms with E-state index >= 15 is 0 Å². The van der Waals surface area contributed by atoms with E-state index in [1.165, 1.54) is 212 Å². The van der Waals surface area contributed by atoms with Crippen LogP contribution in [0, 0.1) is 23.7 Å². The van der Waals surface area contributed by atoms with Crippen molar-refractivity contribution in [3.8, 4) is 0 Å². The largest absolute Gasteiger partial charge is 0.472 e. The average Bonchev–Trinajstić information content (AvgIpc) is 1.00. The van der Waals surface area contributed by atoms with Crippen LogP contribution in [0.5, 0.6) is 0 Å². The van der Waals surface area contributed by atoms with Gasteiger partial charge in [-0.2, -0.15) is 0 Å². The monoisotopic (exact) mass is 1470 g/mol. The minimum atomic E-state index is -4.96. The fourth-order valence-corrected chi connectivity index (χ4v) is 13.9. The van der Waals surface area contributed by atoms with Crippen molar-refractivity contribution in [2.75, 3.05) is 39.6 Å². The molecule has 0 bridgehead atoms. The molecule has 0 aromatic heterocycles. The molecule has 17 nitrogen and oxygen atoms in total. The van der Waals surface area contributed by atoms with Gasteiger partial charge in [0.15, 0.2) is 12.2 Å². The van der Waals surface area contributed by atoms with Gasteiger partial charge in [-0.25, -0.2) is 9.13 Å². The number of phosphoric acid groups is 2. The molecule has 594 valence electrons. The average molecular weight is 1470 g/mol. The number of unbranched alkanes of at least 4 members (excludes halogenated alkanes) is 42. The van der Waals surface area contributed by atoms with Crippen LogP contribution in [-0.4, -0.2) is 96.7 Å². The number of rotatable bonds is 78. The SMILES string of the molecule is CCC(C)CCCCCCCCCCCCCCCCC(=O)O[C@H](COC(=O)CCCCCCCCCCCCCCCCCC(C)C)COP(=O)(O)OC[C@@H](O)COP(=O)(O)OC[C@@H](COC(=O)CCCCCCCCC(C)CC)OC(=O)CCCCCCCCCCCCCC(C)C. The van der Waals surface area contributed by atoms with Crippen molar-refractivity contribution in [1.29, 1.82) is 0 Å². The molecule has 19 heteroatoms. The van der Waals surface area contributed by atoms with Crippen molar-refractivity contribution >= 4 is 39.5 Å². The van der Waals surface area contributed by atoms with Crippen molar-refractivity contribution in [3.05, 3.63) is 0 Å². The van der Waals surface area contributed by atoms with E-state index in [1.54, 1.807) is 0 Å². The zero-order valence-corrected chi connectivity index (χ0v) is 67.6. The predicted octanol–water partition coefficient (Wildman–Crippen LogP) is 24.0. The Hall–Kier alpha value is -1.94.